The lowest BCUT2D eigenvalue weighted by Crippen LogP contribution is -2.26. The van der Waals surface area contributed by atoms with Gasteiger partial charge in [-0.2, -0.15) is 0 Å². The summed E-state index contributed by atoms with van der Waals surface area (Å²) in [5.41, 5.74) is 14.0. The first-order valence-corrected chi connectivity index (χ1v) is 16.4. The van der Waals surface area contributed by atoms with Gasteiger partial charge in [-0.1, -0.05) is 140 Å². The van der Waals surface area contributed by atoms with Crippen molar-refractivity contribution in [3.63, 3.8) is 0 Å². The zero-order valence-electron chi connectivity index (χ0n) is 26.1. The number of hydrogen-bond acceptors (Lipinski definition) is 2. The molecule has 0 bridgehead atoms. The summed E-state index contributed by atoms with van der Waals surface area (Å²) in [5.74, 6) is 0.594. The molecule has 8 aromatic rings. The molecular formula is C45H29N3. The largest absolute Gasteiger partial charge is 0.296 e. The van der Waals surface area contributed by atoms with Crippen LogP contribution < -0.4 is 0 Å². The van der Waals surface area contributed by atoms with Crippen molar-refractivity contribution in [2.45, 2.75) is 5.41 Å². The number of rotatable bonds is 3. The summed E-state index contributed by atoms with van der Waals surface area (Å²) in [6.45, 7) is 0. The second kappa shape index (κ2) is 10.1. The van der Waals surface area contributed by atoms with Gasteiger partial charge in [0.2, 0.25) is 0 Å². The Morgan fingerprint density at radius 3 is 1.62 bits per heavy atom. The van der Waals surface area contributed by atoms with Crippen LogP contribution in [0.1, 0.15) is 27.8 Å². The number of para-hydroxylation sites is 2. The molecule has 0 aliphatic heterocycles. The molecule has 0 radical (unpaired) electrons. The van der Waals surface area contributed by atoms with E-state index in [9.17, 15) is 5.41 Å². The van der Waals surface area contributed by atoms with Gasteiger partial charge in [-0.25, -0.2) is 4.99 Å². The molecule has 0 atom stereocenters. The summed E-state index contributed by atoms with van der Waals surface area (Å²) in [6, 6.07) is 60.1. The van der Waals surface area contributed by atoms with E-state index in [0.29, 0.717) is 11.5 Å². The van der Waals surface area contributed by atoms with Crippen LogP contribution in [-0.2, 0) is 5.41 Å². The van der Waals surface area contributed by atoms with Crippen molar-refractivity contribution >= 4 is 39.0 Å². The highest BCUT2D eigenvalue weighted by molar-refractivity contribution is 6.49. The fourth-order valence-electron chi connectivity index (χ4n) is 8.36. The van der Waals surface area contributed by atoms with Crippen LogP contribution in [-0.4, -0.2) is 16.1 Å². The van der Waals surface area contributed by atoms with E-state index >= 15 is 0 Å². The Hall–Kier alpha value is -6.32. The third-order valence-corrected chi connectivity index (χ3v) is 10.3. The van der Waals surface area contributed by atoms with E-state index in [1.54, 1.807) is 0 Å². The summed E-state index contributed by atoms with van der Waals surface area (Å²) in [7, 11) is 0. The zero-order valence-corrected chi connectivity index (χ0v) is 26.1. The van der Waals surface area contributed by atoms with Gasteiger partial charge in [-0.3, -0.25) is 9.98 Å². The van der Waals surface area contributed by atoms with Crippen LogP contribution in [0.3, 0.4) is 0 Å². The van der Waals surface area contributed by atoms with Crippen LogP contribution in [0.2, 0.25) is 0 Å². The van der Waals surface area contributed by atoms with Crippen molar-refractivity contribution in [2.24, 2.45) is 4.99 Å². The van der Waals surface area contributed by atoms with Gasteiger partial charge in [0.15, 0.2) is 5.84 Å². The van der Waals surface area contributed by atoms with Crippen molar-refractivity contribution in [3.05, 3.63) is 198 Å². The molecule has 224 valence electrons. The van der Waals surface area contributed by atoms with Crippen molar-refractivity contribution < 1.29 is 0 Å². The van der Waals surface area contributed by atoms with Gasteiger partial charge in [0.1, 0.15) is 5.71 Å². The maximum Gasteiger partial charge on any atom is 0.164 e. The minimum absolute atomic E-state index is 0.373. The van der Waals surface area contributed by atoms with Crippen molar-refractivity contribution in [1.29, 1.82) is 5.41 Å². The molecule has 2 aliphatic carbocycles. The van der Waals surface area contributed by atoms with Crippen LogP contribution in [0.15, 0.2) is 175 Å². The van der Waals surface area contributed by atoms with E-state index in [1.807, 2.05) is 60.7 Å². The summed E-state index contributed by atoms with van der Waals surface area (Å²) < 4.78 is 2.21. The molecule has 10 rings (SSSR count). The van der Waals surface area contributed by atoms with Gasteiger partial charge < -0.3 is 0 Å². The zero-order chi connectivity index (χ0) is 31.8. The fraction of sp³-hybridized carbons (Fsp3) is 0.0222. The first kappa shape index (κ1) is 26.9. The standard InChI is InChI=1S/C45H29N3/c46-43(29-15-3-1-4-16-29)44(47-30-17-5-2-6-18-30)48-41-26-14-10-22-34(41)36-27-40-35(28-42(36)48)33-21-9-13-25-39(33)45(40)37-23-11-7-19-31(37)32-20-8-12-24-38(32)45/h1-28,46H. The quantitative estimate of drug-likeness (QED) is 0.153. The Kier molecular flexibility index (Phi) is 5.64. The molecule has 0 saturated carbocycles. The van der Waals surface area contributed by atoms with Gasteiger partial charge in [-0.05, 0) is 74.8 Å². The Morgan fingerprint density at radius 1 is 0.458 bits per heavy atom. The molecule has 0 amide bonds. The number of nitrogens with zero attached hydrogens (tertiary/aromatic N) is 2. The van der Waals surface area contributed by atoms with Crippen LogP contribution in [0.25, 0.3) is 44.1 Å². The van der Waals surface area contributed by atoms with Gasteiger partial charge in [0.25, 0.3) is 0 Å². The number of aliphatic imine (C=N–C) groups is 1. The molecule has 1 spiro atoms. The van der Waals surface area contributed by atoms with Crippen LogP contribution in [0.5, 0.6) is 0 Å². The average molecular weight is 612 g/mol. The van der Waals surface area contributed by atoms with Crippen molar-refractivity contribution in [3.8, 4) is 22.3 Å². The predicted octanol–water partition coefficient (Wildman–Crippen LogP) is 10.8. The fourth-order valence-corrected chi connectivity index (χ4v) is 8.36. The first-order chi connectivity index (χ1) is 23.7. The smallest absolute Gasteiger partial charge is 0.164 e. The minimum atomic E-state index is -0.422. The topological polar surface area (TPSA) is 41.1 Å². The molecule has 3 nitrogen and oxygen atoms in total. The average Bonchev–Trinajstić information content (AvgIpc) is 3.75. The van der Waals surface area contributed by atoms with E-state index in [0.717, 1.165) is 33.1 Å². The Labute approximate surface area is 278 Å². The van der Waals surface area contributed by atoms with Crippen LogP contribution in [0, 0.1) is 5.41 Å². The highest BCUT2D eigenvalue weighted by Crippen LogP contribution is 2.63. The maximum absolute atomic E-state index is 9.57. The van der Waals surface area contributed by atoms with Crippen LogP contribution >= 0.6 is 0 Å². The predicted molar refractivity (Wildman–Crippen MR) is 198 cm³/mol. The molecule has 0 unspecified atom stereocenters. The molecule has 2 aliphatic rings. The van der Waals surface area contributed by atoms with E-state index in [1.165, 1.54) is 44.5 Å². The Morgan fingerprint density at radius 2 is 0.979 bits per heavy atom. The van der Waals surface area contributed by atoms with E-state index in [2.05, 4.69) is 114 Å². The molecule has 3 heteroatoms. The third-order valence-electron chi connectivity index (χ3n) is 10.3. The summed E-state index contributed by atoms with van der Waals surface area (Å²) >= 11 is 0. The highest BCUT2D eigenvalue weighted by Gasteiger charge is 2.51. The van der Waals surface area contributed by atoms with Crippen LogP contribution in [0.4, 0.5) is 5.69 Å². The number of aromatic nitrogens is 1. The second-order valence-electron chi connectivity index (χ2n) is 12.7. The van der Waals surface area contributed by atoms with E-state index < -0.39 is 5.41 Å². The van der Waals surface area contributed by atoms with Crippen molar-refractivity contribution in [1.82, 2.24) is 4.57 Å². The maximum atomic E-state index is 9.57. The number of fused-ring (bicyclic) bond motifs is 13. The lowest BCUT2D eigenvalue weighted by molar-refractivity contribution is 0.795. The monoisotopic (exact) mass is 611 g/mol. The van der Waals surface area contributed by atoms with Crippen molar-refractivity contribution in [2.75, 3.05) is 0 Å². The number of hydrogen-bond donors (Lipinski definition) is 1. The van der Waals surface area contributed by atoms with E-state index in [4.69, 9.17) is 4.99 Å². The second-order valence-corrected chi connectivity index (χ2v) is 12.7. The molecule has 1 aromatic heterocycles. The van der Waals surface area contributed by atoms with Gasteiger partial charge in [-0.15, -0.1) is 0 Å². The lowest BCUT2D eigenvalue weighted by atomic mass is 9.70. The highest BCUT2D eigenvalue weighted by atomic mass is 15.1. The number of benzene rings is 7. The van der Waals surface area contributed by atoms with Gasteiger partial charge in [0.05, 0.1) is 22.1 Å². The van der Waals surface area contributed by atoms with Gasteiger partial charge in [0, 0.05) is 16.3 Å². The molecule has 48 heavy (non-hydrogen) atoms. The summed E-state index contributed by atoms with van der Waals surface area (Å²) in [4.78, 5) is 5.20. The molecular weight excluding hydrogens is 583 g/mol. The molecule has 1 heterocycles. The SMILES string of the molecule is N=C(C(=Nc1ccccc1)n1c2ccccc2c2cc3c(cc21)-c1ccccc1C31c2ccccc2-c2ccccc21)c1ccccc1. The normalized spacial score (nSPS) is 13.8. The lowest BCUT2D eigenvalue weighted by Gasteiger charge is -2.30. The first-order valence-electron chi connectivity index (χ1n) is 16.4. The minimum Gasteiger partial charge on any atom is -0.296 e. The molecule has 0 saturated heterocycles. The summed E-state index contributed by atoms with van der Waals surface area (Å²) in [5, 5.41) is 11.9. The van der Waals surface area contributed by atoms with Gasteiger partial charge >= 0.3 is 0 Å². The Bertz CT molecular complexity index is 2580. The molecule has 1 N–H and O–H groups in total. The number of nitrogens with one attached hydrogen (secondary N) is 1. The third kappa shape index (κ3) is 3.53. The Balaban J connectivity index is 1.34. The summed E-state index contributed by atoms with van der Waals surface area (Å²) in [6.07, 6.45) is 0. The molecule has 0 fully saturated rings. The van der Waals surface area contributed by atoms with E-state index in [-0.39, 0.29) is 0 Å². The molecule has 7 aromatic carbocycles.